The highest BCUT2D eigenvalue weighted by molar-refractivity contribution is 7.80. The first-order valence-corrected chi connectivity index (χ1v) is 11.8. The molecule has 0 spiro atoms. The molecule has 0 amide bonds. The standard InChI is InChI=1S/C18H20Cl2F3N2O3P/c19-15-5-3-13(4-6-15)14-2-1-9-17(12-14,18(21,22)23)24-16-7-10-25(11-8-16)28-29(20,26)27/h1-6,9,16,24H,7-8,10-12H2,(H,26,27). The van der Waals surface area contributed by atoms with Crippen molar-refractivity contribution in [2.45, 2.75) is 37.0 Å². The molecule has 11 heteroatoms. The Morgan fingerprint density at radius 3 is 2.41 bits per heavy atom. The van der Waals surface area contributed by atoms with Crippen LogP contribution in [0.25, 0.3) is 5.57 Å². The van der Waals surface area contributed by atoms with Gasteiger partial charge < -0.3 is 4.89 Å². The van der Waals surface area contributed by atoms with E-state index >= 15 is 0 Å². The molecule has 0 radical (unpaired) electrons. The van der Waals surface area contributed by atoms with E-state index in [1.54, 1.807) is 30.3 Å². The number of hydroxylamine groups is 2. The average Bonchev–Trinajstić information content (AvgIpc) is 2.62. The van der Waals surface area contributed by atoms with Crippen molar-refractivity contribution in [1.82, 2.24) is 10.4 Å². The summed E-state index contributed by atoms with van der Waals surface area (Å²) in [6.45, 7) is -3.83. The van der Waals surface area contributed by atoms with Crippen LogP contribution in [0.5, 0.6) is 0 Å². The Bertz CT molecular complexity index is 834. The van der Waals surface area contributed by atoms with Crippen molar-refractivity contribution in [1.29, 1.82) is 0 Å². The zero-order valence-corrected chi connectivity index (χ0v) is 17.6. The minimum absolute atomic E-state index is 0.187. The third-order valence-electron chi connectivity index (χ3n) is 5.00. The summed E-state index contributed by atoms with van der Waals surface area (Å²) in [6.07, 6.45) is 0.0895. The summed E-state index contributed by atoms with van der Waals surface area (Å²) in [5.74, 6) is 0. The lowest BCUT2D eigenvalue weighted by Crippen LogP contribution is -2.60. The number of nitrogens with zero attached hydrogens (tertiary/aromatic N) is 1. The molecule has 5 nitrogen and oxygen atoms in total. The summed E-state index contributed by atoms with van der Waals surface area (Å²) < 4.78 is 58.2. The molecule has 3 rings (SSSR count). The lowest BCUT2D eigenvalue weighted by molar-refractivity contribution is -0.184. The van der Waals surface area contributed by atoms with Gasteiger partial charge in [-0.05, 0) is 36.1 Å². The van der Waals surface area contributed by atoms with Gasteiger partial charge in [-0.25, -0.2) is 9.19 Å². The predicted molar refractivity (Wildman–Crippen MR) is 106 cm³/mol. The second kappa shape index (κ2) is 8.71. The first-order chi connectivity index (χ1) is 13.5. The number of rotatable bonds is 5. The molecule has 1 aliphatic carbocycles. The van der Waals surface area contributed by atoms with Crippen LogP contribution in [0.4, 0.5) is 13.2 Å². The van der Waals surface area contributed by atoms with Gasteiger partial charge in [-0.15, -0.1) is 0 Å². The molecular formula is C18H20Cl2F3N2O3P. The van der Waals surface area contributed by atoms with Crippen molar-refractivity contribution < 1.29 is 27.3 Å². The molecule has 160 valence electrons. The van der Waals surface area contributed by atoms with E-state index in [1.807, 2.05) is 0 Å². The van der Waals surface area contributed by atoms with Crippen molar-refractivity contribution in [3.63, 3.8) is 0 Å². The first-order valence-electron chi connectivity index (χ1n) is 8.93. The summed E-state index contributed by atoms with van der Waals surface area (Å²) in [7, 11) is 0. The van der Waals surface area contributed by atoms with Crippen molar-refractivity contribution >= 4 is 35.4 Å². The van der Waals surface area contributed by atoms with Gasteiger partial charge in [0.1, 0.15) is 5.54 Å². The fraction of sp³-hybridized carbons (Fsp3) is 0.444. The van der Waals surface area contributed by atoms with Gasteiger partial charge in [0.2, 0.25) is 0 Å². The summed E-state index contributed by atoms with van der Waals surface area (Å²) in [5.41, 5.74) is -0.972. The Hall–Kier alpha value is -0.860. The highest BCUT2D eigenvalue weighted by Crippen LogP contribution is 2.49. The van der Waals surface area contributed by atoms with Crippen LogP contribution in [-0.4, -0.2) is 40.8 Å². The van der Waals surface area contributed by atoms with Crippen molar-refractivity contribution in [3.8, 4) is 0 Å². The number of hydrogen-bond acceptors (Lipinski definition) is 4. The maximum atomic E-state index is 14.1. The van der Waals surface area contributed by atoms with Crippen molar-refractivity contribution in [3.05, 3.63) is 53.1 Å². The second-order valence-corrected chi connectivity index (χ2v) is 9.87. The van der Waals surface area contributed by atoms with Crippen molar-refractivity contribution in [2.24, 2.45) is 0 Å². The zero-order chi connectivity index (χ0) is 21.3. The lowest BCUT2D eigenvalue weighted by atomic mass is 9.82. The Kier molecular flexibility index (Phi) is 6.85. The molecule has 1 aromatic rings. The minimum atomic E-state index is -4.51. The van der Waals surface area contributed by atoms with Crippen LogP contribution in [-0.2, 0) is 9.19 Å². The van der Waals surface area contributed by atoms with Gasteiger partial charge in [0.25, 0.3) is 0 Å². The van der Waals surface area contributed by atoms with Gasteiger partial charge in [-0.1, -0.05) is 42.0 Å². The topological polar surface area (TPSA) is 61.8 Å². The monoisotopic (exact) mass is 470 g/mol. The smallest absolute Gasteiger partial charge is 0.312 e. The average molecular weight is 471 g/mol. The molecule has 2 atom stereocenters. The molecule has 0 aromatic heterocycles. The molecule has 2 unspecified atom stereocenters. The van der Waals surface area contributed by atoms with Crippen LogP contribution in [0.1, 0.15) is 24.8 Å². The number of nitrogens with one attached hydrogen (secondary N) is 1. The molecular weight excluding hydrogens is 451 g/mol. The van der Waals surface area contributed by atoms with Gasteiger partial charge >= 0.3 is 13.1 Å². The van der Waals surface area contributed by atoms with Gasteiger partial charge in [0.15, 0.2) is 0 Å². The molecule has 1 heterocycles. The molecule has 29 heavy (non-hydrogen) atoms. The zero-order valence-electron chi connectivity index (χ0n) is 15.2. The van der Waals surface area contributed by atoms with Crippen LogP contribution < -0.4 is 5.32 Å². The Labute approximate surface area is 176 Å². The summed E-state index contributed by atoms with van der Waals surface area (Å²) in [5, 5.41) is 4.50. The lowest BCUT2D eigenvalue weighted by Gasteiger charge is -2.41. The third kappa shape index (κ3) is 5.85. The predicted octanol–water partition coefficient (Wildman–Crippen LogP) is 5.31. The molecule has 1 fully saturated rings. The van der Waals surface area contributed by atoms with Crippen LogP contribution in [0.3, 0.4) is 0 Å². The highest BCUT2D eigenvalue weighted by Gasteiger charge is 2.54. The number of piperidine rings is 1. The number of allylic oxidation sites excluding steroid dienone is 2. The first kappa shape index (κ1) is 22.8. The van der Waals surface area contributed by atoms with E-state index in [9.17, 15) is 17.7 Å². The van der Waals surface area contributed by atoms with E-state index < -0.39 is 24.7 Å². The third-order valence-corrected chi connectivity index (χ3v) is 5.87. The van der Waals surface area contributed by atoms with Crippen LogP contribution >= 0.6 is 29.8 Å². The molecule has 0 saturated carbocycles. The normalized spacial score (nSPS) is 26.2. The molecule has 1 aromatic carbocycles. The van der Waals surface area contributed by atoms with E-state index in [1.165, 1.54) is 11.1 Å². The van der Waals surface area contributed by atoms with Crippen LogP contribution in [0.2, 0.25) is 5.02 Å². The Morgan fingerprint density at radius 2 is 1.86 bits per heavy atom. The largest absolute Gasteiger partial charge is 0.438 e. The molecule has 2 N–H and O–H groups in total. The number of benzene rings is 1. The molecule has 2 aliphatic rings. The van der Waals surface area contributed by atoms with E-state index in [4.69, 9.17) is 32.4 Å². The quantitative estimate of drug-likeness (QED) is 0.571. The van der Waals surface area contributed by atoms with Gasteiger partial charge in [-0.2, -0.15) is 18.2 Å². The SMILES string of the molecule is O=P(O)(Cl)ON1CCC(NC2(C(F)(F)F)C=CC=C(c3ccc(Cl)cc3)C2)CC1. The minimum Gasteiger partial charge on any atom is -0.312 e. The second-order valence-electron chi connectivity index (χ2n) is 7.08. The summed E-state index contributed by atoms with van der Waals surface area (Å²) >= 11 is 11.1. The maximum Gasteiger partial charge on any atom is 0.438 e. The van der Waals surface area contributed by atoms with Gasteiger partial charge in [0.05, 0.1) is 0 Å². The number of hydrogen-bond donors (Lipinski definition) is 2. The maximum absolute atomic E-state index is 14.1. The molecule has 1 saturated heterocycles. The van der Waals surface area contributed by atoms with Crippen molar-refractivity contribution in [2.75, 3.05) is 13.1 Å². The summed E-state index contributed by atoms with van der Waals surface area (Å²) in [4.78, 5) is 9.07. The summed E-state index contributed by atoms with van der Waals surface area (Å²) in [6, 6.07) is 6.24. The Morgan fingerprint density at radius 1 is 1.24 bits per heavy atom. The van der Waals surface area contributed by atoms with Gasteiger partial charge in [-0.3, -0.25) is 5.32 Å². The molecule has 1 aliphatic heterocycles. The number of alkyl halides is 3. The van der Waals surface area contributed by atoms with Gasteiger partial charge in [0, 0.05) is 41.8 Å². The van der Waals surface area contributed by atoms with E-state index in [0.29, 0.717) is 29.0 Å². The molecule has 0 bridgehead atoms. The Balaban J connectivity index is 1.72. The highest BCUT2D eigenvalue weighted by atomic mass is 35.7. The van der Waals surface area contributed by atoms with E-state index in [-0.39, 0.29) is 19.5 Å². The fourth-order valence-corrected chi connectivity index (χ4v) is 4.41. The van der Waals surface area contributed by atoms with E-state index in [2.05, 4.69) is 5.32 Å². The van der Waals surface area contributed by atoms with E-state index in [0.717, 1.165) is 6.08 Å². The van der Waals surface area contributed by atoms with Crippen LogP contribution in [0.15, 0.2) is 42.5 Å². The van der Waals surface area contributed by atoms with Crippen LogP contribution in [0, 0.1) is 0 Å². The number of halogens is 5. The fourth-order valence-electron chi connectivity index (χ4n) is 3.57.